The predicted molar refractivity (Wildman–Crippen MR) is 49.2 cm³/mol. The zero-order chi connectivity index (χ0) is 9.72. The van der Waals surface area contributed by atoms with Gasteiger partial charge in [-0.1, -0.05) is 13.8 Å². The van der Waals surface area contributed by atoms with Crippen LogP contribution in [0.2, 0.25) is 0 Å². The van der Waals surface area contributed by atoms with Crippen molar-refractivity contribution in [2.24, 2.45) is 0 Å². The first-order valence-electron chi connectivity index (χ1n) is 4.57. The summed E-state index contributed by atoms with van der Waals surface area (Å²) in [5, 5.41) is 8.66. The Morgan fingerprint density at radius 3 is 2.08 bits per heavy atom. The van der Waals surface area contributed by atoms with Crippen LogP contribution in [0.5, 0.6) is 0 Å². The molecule has 72 valence electrons. The fraction of sp³-hybridized carbons (Fsp3) is 0.889. The van der Waals surface area contributed by atoms with Crippen LogP contribution in [-0.2, 0) is 4.79 Å². The third kappa shape index (κ3) is 2.48. The Morgan fingerprint density at radius 1 is 1.42 bits per heavy atom. The lowest BCUT2D eigenvalue weighted by molar-refractivity contribution is -0.142. The van der Waals surface area contributed by atoms with Gasteiger partial charge in [-0.15, -0.1) is 0 Å². The van der Waals surface area contributed by atoms with E-state index >= 15 is 0 Å². The molecule has 0 spiro atoms. The van der Waals surface area contributed by atoms with Crippen molar-refractivity contribution in [3.05, 3.63) is 0 Å². The van der Waals surface area contributed by atoms with Crippen LogP contribution < -0.4 is 0 Å². The van der Waals surface area contributed by atoms with E-state index in [1.807, 2.05) is 25.8 Å². The lowest BCUT2D eigenvalue weighted by Gasteiger charge is -2.19. The average Bonchev–Trinajstić information content (AvgIpc) is 2.37. The smallest absolute Gasteiger partial charge is 0.320 e. The maximum atomic E-state index is 10.5. The second-order valence-electron chi connectivity index (χ2n) is 2.95. The Bertz CT molecular complexity index is 147. The van der Waals surface area contributed by atoms with Gasteiger partial charge in [-0.25, -0.2) is 0 Å². The van der Waals surface area contributed by atoms with E-state index in [1.165, 1.54) is 0 Å². The normalized spacial score (nSPS) is 29.3. The molecular weight excluding hydrogens is 154 g/mol. The average molecular weight is 173 g/mol. The van der Waals surface area contributed by atoms with Gasteiger partial charge < -0.3 is 5.11 Å². The molecule has 0 amide bonds. The van der Waals surface area contributed by atoms with Crippen LogP contribution in [0, 0.1) is 0 Å². The zero-order valence-corrected chi connectivity index (χ0v) is 8.37. The van der Waals surface area contributed by atoms with Gasteiger partial charge in [-0.05, 0) is 26.8 Å². The highest BCUT2D eigenvalue weighted by molar-refractivity contribution is 5.73. The molecule has 0 aliphatic carbocycles. The van der Waals surface area contributed by atoms with Crippen LogP contribution in [0.3, 0.4) is 0 Å². The monoisotopic (exact) mass is 173 g/mol. The number of aliphatic carboxylic acids is 1. The van der Waals surface area contributed by atoms with Crippen LogP contribution in [-0.4, -0.2) is 35.1 Å². The number of nitrogens with zero attached hydrogens (tertiary/aromatic N) is 1. The van der Waals surface area contributed by atoms with E-state index < -0.39 is 5.97 Å². The summed E-state index contributed by atoms with van der Waals surface area (Å²) in [6.07, 6.45) is 1.81. The zero-order valence-electron chi connectivity index (χ0n) is 8.37. The van der Waals surface area contributed by atoms with Crippen molar-refractivity contribution < 1.29 is 9.90 Å². The first kappa shape index (κ1) is 11.4. The van der Waals surface area contributed by atoms with Gasteiger partial charge in [0, 0.05) is 6.04 Å². The van der Waals surface area contributed by atoms with E-state index in [-0.39, 0.29) is 6.04 Å². The first-order chi connectivity index (χ1) is 5.63. The molecule has 1 aliphatic heterocycles. The second-order valence-corrected chi connectivity index (χ2v) is 2.95. The van der Waals surface area contributed by atoms with Gasteiger partial charge in [0.2, 0.25) is 0 Å². The highest BCUT2D eigenvalue weighted by Crippen LogP contribution is 2.21. The molecule has 2 atom stereocenters. The number of likely N-dealkylation sites (tertiary alicyclic amines) is 1. The van der Waals surface area contributed by atoms with E-state index in [0.717, 1.165) is 12.8 Å². The largest absolute Gasteiger partial charge is 0.480 e. The molecule has 1 aliphatic rings. The van der Waals surface area contributed by atoms with Gasteiger partial charge in [0.1, 0.15) is 6.04 Å². The summed E-state index contributed by atoms with van der Waals surface area (Å²) in [7, 11) is 1.87. The van der Waals surface area contributed by atoms with E-state index in [9.17, 15) is 4.79 Å². The Morgan fingerprint density at radius 2 is 1.92 bits per heavy atom. The van der Waals surface area contributed by atoms with Crippen molar-refractivity contribution in [1.29, 1.82) is 0 Å². The van der Waals surface area contributed by atoms with Gasteiger partial charge >= 0.3 is 5.97 Å². The molecule has 1 saturated heterocycles. The molecule has 0 bridgehead atoms. The third-order valence-corrected chi connectivity index (χ3v) is 2.33. The molecule has 1 rings (SSSR count). The van der Waals surface area contributed by atoms with E-state index in [0.29, 0.717) is 6.04 Å². The molecule has 2 unspecified atom stereocenters. The van der Waals surface area contributed by atoms with Crippen molar-refractivity contribution in [2.45, 2.75) is 45.7 Å². The molecule has 1 heterocycles. The summed E-state index contributed by atoms with van der Waals surface area (Å²) in [6.45, 7) is 6.06. The van der Waals surface area contributed by atoms with E-state index in [1.54, 1.807) is 0 Å². The summed E-state index contributed by atoms with van der Waals surface area (Å²) in [4.78, 5) is 12.4. The summed E-state index contributed by atoms with van der Waals surface area (Å²) in [6, 6.07) is 0.191. The van der Waals surface area contributed by atoms with Crippen molar-refractivity contribution in [3.63, 3.8) is 0 Å². The van der Waals surface area contributed by atoms with Crippen LogP contribution >= 0.6 is 0 Å². The lowest BCUT2D eigenvalue weighted by Crippen LogP contribution is -2.36. The van der Waals surface area contributed by atoms with Gasteiger partial charge in [-0.3, -0.25) is 9.69 Å². The molecule has 0 radical (unpaired) electrons. The molecule has 0 aromatic rings. The second kappa shape index (κ2) is 5.14. The van der Waals surface area contributed by atoms with Gasteiger partial charge in [-0.2, -0.15) is 0 Å². The summed E-state index contributed by atoms with van der Waals surface area (Å²) < 4.78 is 0. The number of likely N-dealkylation sites (N-methyl/N-ethyl adjacent to an activating group) is 1. The molecule has 0 aromatic carbocycles. The molecule has 3 heteroatoms. The number of hydrogen-bond acceptors (Lipinski definition) is 2. The van der Waals surface area contributed by atoms with Crippen LogP contribution in [0.1, 0.15) is 33.6 Å². The predicted octanol–water partition coefficient (Wildman–Crippen LogP) is 1.58. The topological polar surface area (TPSA) is 40.5 Å². The summed E-state index contributed by atoms with van der Waals surface area (Å²) in [5.41, 5.74) is 0. The Balaban J connectivity index is 0.000000561. The molecule has 0 aromatic heterocycles. The molecule has 12 heavy (non-hydrogen) atoms. The quantitative estimate of drug-likeness (QED) is 0.654. The highest BCUT2D eigenvalue weighted by Gasteiger charge is 2.32. The number of carbonyl (C=O) groups is 1. The maximum Gasteiger partial charge on any atom is 0.320 e. The van der Waals surface area contributed by atoms with Crippen molar-refractivity contribution in [3.8, 4) is 0 Å². The first-order valence-corrected chi connectivity index (χ1v) is 4.57. The Hall–Kier alpha value is -0.570. The summed E-state index contributed by atoms with van der Waals surface area (Å²) in [5.74, 6) is -0.688. The molecular formula is C9H19NO2. The van der Waals surface area contributed by atoms with Crippen LogP contribution in [0.4, 0.5) is 0 Å². The van der Waals surface area contributed by atoms with E-state index in [4.69, 9.17) is 5.11 Å². The molecule has 0 saturated carbocycles. The van der Waals surface area contributed by atoms with Crippen LogP contribution in [0.25, 0.3) is 0 Å². The standard InChI is InChI=1S/C7H13NO2.C2H6/c1-5-3-4-6(7(9)10)8(5)2;1-2/h5-6H,3-4H2,1-2H3,(H,9,10);1-2H3. The summed E-state index contributed by atoms with van der Waals surface area (Å²) >= 11 is 0. The van der Waals surface area contributed by atoms with Gasteiger partial charge in [0.25, 0.3) is 0 Å². The van der Waals surface area contributed by atoms with Crippen molar-refractivity contribution >= 4 is 5.97 Å². The Kier molecular flexibility index (Phi) is 4.90. The highest BCUT2D eigenvalue weighted by atomic mass is 16.4. The lowest BCUT2D eigenvalue weighted by atomic mass is 10.2. The van der Waals surface area contributed by atoms with Crippen molar-refractivity contribution in [1.82, 2.24) is 4.90 Å². The van der Waals surface area contributed by atoms with E-state index in [2.05, 4.69) is 6.92 Å². The fourth-order valence-corrected chi connectivity index (χ4v) is 1.41. The third-order valence-electron chi connectivity index (χ3n) is 2.33. The molecule has 1 N–H and O–H groups in total. The minimum absolute atomic E-state index is 0.241. The minimum atomic E-state index is -0.688. The number of rotatable bonds is 1. The minimum Gasteiger partial charge on any atom is -0.480 e. The van der Waals surface area contributed by atoms with Gasteiger partial charge in [0.05, 0.1) is 0 Å². The van der Waals surface area contributed by atoms with Crippen LogP contribution in [0.15, 0.2) is 0 Å². The van der Waals surface area contributed by atoms with Gasteiger partial charge in [0.15, 0.2) is 0 Å². The molecule has 1 fully saturated rings. The van der Waals surface area contributed by atoms with Crippen molar-refractivity contribution in [2.75, 3.05) is 7.05 Å². The Labute approximate surface area is 74.4 Å². The number of hydrogen-bond donors (Lipinski definition) is 1. The SMILES string of the molecule is CC.CC1CCC(C(=O)O)N1C. The number of carboxylic acids is 1. The molecule has 3 nitrogen and oxygen atoms in total. The fourth-order valence-electron chi connectivity index (χ4n) is 1.41. The number of carboxylic acid groups (broad SMARTS) is 1. The maximum absolute atomic E-state index is 10.5.